The Morgan fingerprint density at radius 2 is 1.91 bits per heavy atom. The summed E-state index contributed by atoms with van der Waals surface area (Å²) in [5.74, 6) is -0.785. The molecule has 2 N–H and O–H groups in total. The molecule has 2 atom stereocenters. The van der Waals surface area contributed by atoms with Crippen molar-refractivity contribution in [3.63, 3.8) is 0 Å². The van der Waals surface area contributed by atoms with E-state index in [1.54, 1.807) is 19.2 Å². The first kappa shape index (κ1) is 17.1. The van der Waals surface area contributed by atoms with E-state index in [9.17, 15) is 14.3 Å². The number of ether oxygens (including phenoxy) is 1. The van der Waals surface area contributed by atoms with Crippen molar-refractivity contribution in [2.24, 2.45) is 0 Å². The fraction of sp³-hybridized carbons (Fsp3) is 0.278. The number of hydrogen-bond donors (Lipinski definition) is 2. The second-order valence-corrected chi connectivity index (χ2v) is 5.33. The van der Waals surface area contributed by atoms with Crippen LogP contribution in [0.5, 0.6) is 0 Å². The number of aliphatic hydroxyl groups is 1. The van der Waals surface area contributed by atoms with Gasteiger partial charge in [-0.05, 0) is 42.3 Å². The van der Waals surface area contributed by atoms with Gasteiger partial charge in [-0.3, -0.25) is 4.79 Å². The zero-order valence-electron chi connectivity index (χ0n) is 13.1. The van der Waals surface area contributed by atoms with Gasteiger partial charge >= 0.3 is 0 Å². The lowest BCUT2D eigenvalue weighted by Crippen LogP contribution is -2.15. The smallest absolute Gasteiger partial charge is 0.227 e. The Balaban J connectivity index is 1.99. The molecule has 5 heteroatoms. The number of carbonyl (C=O) groups excluding carboxylic acids is 1. The summed E-state index contributed by atoms with van der Waals surface area (Å²) in [5.41, 5.74) is 1.95. The summed E-state index contributed by atoms with van der Waals surface area (Å²) in [6, 6.07) is 12.9. The van der Waals surface area contributed by atoms with Crippen LogP contribution in [0, 0.1) is 5.82 Å². The second kappa shape index (κ2) is 7.85. The van der Waals surface area contributed by atoms with Gasteiger partial charge in [0.15, 0.2) is 0 Å². The van der Waals surface area contributed by atoms with E-state index in [0.29, 0.717) is 11.3 Å². The zero-order chi connectivity index (χ0) is 16.8. The molecule has 0 aromatic heterocycles. The van der Waals surface area contributed by atoms with Crippen LogP contribution in [0.4, 0.5) is 10.1 Å². The first-order valence-electron chi connectivity index (χ1n) is 7.35. The number of rotatable bonds is 6. The quantitative estimate of drug-likeness (QED) is 0.856. The number of aliphatic hydroxyl groups excluding tert-OH is 1. The van der Waals surface area contributed by atoms with E-state index < -0.39 is 11.9 Å². The highest BCUT2D eigenvalue weighted by Gasteiger charge is 2.14. The van der Waals surface area contributed by atoms with Crippen molar-refractivity contribution in [3.05, 3.63) is 65.5 Å². The van der Waals surface area contributed by atoms with Crippen molar-refractivity contribution in [3.8, 4) is 0 Å². The summed E-state index contributed by atoms with van der Waals surface area (Å²) in [4.78, 5) is 12.0. The molecule has 122 valence electrons. The molecule has 0 heterocycles. The van der Waals surface area contributed by atoms with Crippen LogP contribution in [0.15, 0.2) is 48.5 Å². The summed E-state index contributed by atoms with van der Waals surface area (Å²) in [6.07, 6.45) is -1.27. The molecular formula is C18H20FNO3. The van der Waals surface area contributed by atoms with Crippen molar-refractivity contribution in [1.29, 1.82) is 0 Å². The summed E-state index contributed by atoms with van der Waals surface area (Å²) in [7, 11) is 1.62. The van der Waals surface area contributed by atoms with Crippen molar-refractivity contribution in [2.45, 2.75) is 25.6 Å². The molecule has 0 saturated carbocycles. The van der Waals surface area contributed by atoms with Gasteiger partial charge in [-0.2, -0.15) is 0 Å². The van der Waals surface area contributed by atoms with Crippen molar-refractivity contribution >= 4 is 11.6 Å². The molecule has 1 amide bonds. The van der Waals surface area contributed by atoms with Gasteiger partial charge in [-0.25, -0.2) is 4.39 Å². The molecule has 2 rings (SSSR count). The SMILES string of the molecule is COC(C)c1cccc(NC(=O)CC(O)c2cccc(F)c2)c1. The number of anilines is 1. The lowest BCUT2D eigenvalue weighted by molar-refractivity contribution is -0.118. The Morgan fingerprint density at radius 1 is 1.22 bits per heavy atom. The number of halogens is 1. The monoisotopic (exact) mass is 317 g/mol. The molecule has 0 spiro atoms. The normalized spacial score (nSPS) is 13.4. The molecule has 4 nitrogen and oxygen atoms in total. The average Bonchev–Trinajstić information content (AvgIpc) is 2.54. The van der Waals surface area contributed by atoms with Crippen LogP contribution >= 0.6 is 0 Å². The molecule has 0 bridgehead atoms. The first-order chi connectivity index (χ1) is 11.0. The minimum atomic E-state index is -1.05. The Bertz CT molecular complexity index is 675. The van der Waals surface area contributed by atoms with Gasteiger partial charge < -0.3 is 15.2 Å². The molecular weight excluding hydrogens is 297 g/mol. The maximum absolute atomic E-state index is 13.1. The third-order valence-corrected chi connectivity index (χ3v) is 3.61. The molecule has 0 aliphatic rings. The van der Waals surface area contributed by atoms with E-state index in [4.69, 9.17) is 4.74 Å². The van der Waals surface area contributed by atoms with Crippen LogP contribution < -0.4 is 5.32 Å². The van der Waals surface area contributed by atoms with Gasteiger partial charge in [0, 0.05) is 12.8 Å². The van der Waals surface area contributed by atoms with Crippen molar-refractivity contribution < 1.29 is 19.0 Å². The van der Waals surface area contributed by atoms with Crippen LogP contribution in [-0.2, 0) is 9.53 Å². The van der Waals surface area contributed by atoms with Gasteiger partial charge in [-0.15, -0.1) is 0 Å². The fourth-order valence-corrected chi connectivity index (χ4v) is 2.22. The summed E-state index contributed by atoms with van der Waals surface area (Å²) < 4.78 is 18.4. The Kier molecular flexibility index (Phi) is 5.84. The van der Waals surface area contributed by atoms with Gasteiger partial charge in [-0.1, -0.05) is 24.3 Å². The van der Waals surface area contributed by atoms with Crippen LogP contribution in [0.2, 0.25) is 0 Å². The predicted octanol–water partition coefficient (Wildman–Crippen LogP) is 3.60. The number of methoxy groups -OCH3 is 1. The standard InChI is InChI=1S/C18H20FNO3/c1-12(23-2)13-5-4-8-16(10-13)20-18(22)11-17(21)14-6-3-7-15(19)9-14/h3-10,12,17,21H,11H2,1-2H3,(H,20,22). The maximum atomic E-state index is 13.1. The van der Waals surface area contributed by atoms with Crippen LogP contribution in [0.1, 0.15) is 36.7 Å². The summed E-state index contributed by atoms with van der Waals surface area (Å²) >= 11 is 0. The zero-order valence-corrected chi connectivity index (χ0v) is 13.1. The fourth-order valence-electron chi connectivity index (χ4n) is 2.22. The molecule has 2 aromatic carbocycles. The Morgan fingerprint density at radius 3 is 2.61 bits per heavy atom. The Labute approximate surface area is 134 Å². The molecule has 2 unspecified atom stereocenters. The molecule has 2 aromatic rings. The largest absolute Gasteiger partial charge is 0.388 e. The minimum Gasteiger partial charge on any atom is -0.388 e. The lowest BCUT2D eigenvalue weighted by Gasteiger charge is -2.14. The van der Waals surface area contributed by atoms with Gasteiger partial charge in [0.2, 0.25) is 5.91 Å². The number of amides is 1. The first-order valence-corrected chi connectivity index (χ1v) is 7.35. The number of carbonyl (C=O) groups is 1. The number of nitrogens with one attached hydrogen (secondary N) is 1. The van der Waals surface area contributed by atoms with E-state index >= 15 is 0 Å². The minimum absolute atomic E-state index is 0.0789. The lowest BCUT2D eigenvalue weighted by atomic mass is 10.1. The van der Waals surface area contributed by atoms with E-state index in [2.05, 4.69) is 5.32 Å². The molecule has 0 aliphatic carbocycles. The number of benzene rings is 2. The van der Waals surface area contributed by atoms with Gasteiger partial charge in [0.25, 0.3) is 0 Å². The predicted molar refractivity (Wildman–Crippen MR) is 86.5 cm³/mol. The summed E-state index contributed by atoms with van der Waals surface area (Å²) in [6.45, 7) is 1.91. The highest BCUT2D eigenvalue weighted by atomic mass is 19.1. The van der Waals surface area contributed by atoms with Crippen LogP contribution in [0.25, 0.3) is 0 Å². The van der Waals surface area contributed by atoms with Crippen LogP contribution in [-0.4, -0.2) is 18.1 Å². The van der Waals surface area contributed by atoms with Crippen molar-refractivity contribution in [2.75, 3.05) is 12.4 Å². The van der Waals surface area contributed by atoms with E-state index in [1.165, 1.54) is 18.2 Å². The molecule has 0 saturated heterocycles. The van der Waals surface area contributed by atoms with E-state index in [-0.39, 0.29) is 18.4 Å². The third kappa shape index (κ3) is 4.87. The van der Waals surface area contributed by atoms with Gasteiger partial charge in [0.1, 0.15) is 5.82 Å². The van der Waals surface area contributed by atoms with Gasteiger partial charge in [0.05, 0.1) is 18.6 Å². The van der Waals surface area contributed by atoms with Crippen LogP contribution in [0.3, 0.4) is 0 Å². The molecule has 0 fully saturated rings. The average molecular weight is 317 g/mol. The maximum Gasteiger partial charge on any atom is 0.227 e. The van der Waals surface area contributed by atoms with Crippen molar-refractivity contribution in [1.82, 2.24) is 0 Å². The Hall–Kier alpha value is -2.24. The molecule has 23 heavy (non-hydrogen) atoms. The summed E-state index contributed by atoms with van der Waals surface area (Å²) in [5, 5.41) is 12.8. The highest BCUT2D eigenvalue weighted by Crippen LogP contribution is 2.21. The van der Waals surface area contributed by atoms with E-state index in [1.807, 2.05) is 25.1 Å². The topological polar surface area (TPSA) is 58.6 Å². The highest BCUT2D eigenvalue weighted by molar-refractivity contribution is 5.91. The number of hydrogen-bond acceptors (Lipinski definition) is 3. The van der Waals surface area contributed by atoms with E-state index in [0.717, 1.165) is 5.56 Å². The molecule has 0 radical (unpaired) electrons. The molecule has 0 aliphatic heterocycles. The second-order valence-electron chi connectivity index (χ2n) is 5.33. The third-order valence-electron chi connectivity index (χ3n) is 3.61.